The zero-order valence-electron chi connectivity index (χ0n) is 16.8. The second-order valence-corrected chi connectivity index (χ2v) is 8.48. The van der Waals surface area contributed by atoms with Gasteiger partial charge in [0.1, 0.15) is 0 Å². The van der Waals surface area contributed by atoms with Crippen LogP contribution in [0, 0.1) is 12.3 Å². The lowest BCUT2D eigenvalue weighted by molar-refractivity contribution is -0.138. The van der Waals surface area contributed by atoms with Crippen LogP contribution in [0.2, 0.25) is 0 Å². The summed E-state index contributed by atoms with van der Waals surface area (Å²) in [7, 11) is 0. The van der Waals surface area contributed by atoms with Gasteiger partial charge in [0, 0.05) is 31.6 Å². The number of aromatic nitrogens is 2. The summed E-state index contributed by atoms with van der Waals surface area (Å²) in [4.78, 5) is 16.7. The van der Waals surface area contributed by atoms with Gasteiger partial charge in [-0.15, -0.1) is 6.58 Å². The van der Waals surface area contributed by atoms with E-state index in [1.807, 2.05) is 17.2 Å². The predicted molar refractivity (Wildman–Crippen MR) is 112 cm³/mol. The maximum Gasteiger partial charge on any atom is 0.222 e. The monoisotopic (exact) mass is 378 g/mol. The molecule has 1 aromatic carbocycles. The maximum absolute atomic E-state index is 12.1. The van der Waals surface area contributed by atoms with Crippen LogP contribution in [0.3, 0.4) is 0 Å². The third kappa shape index (κ3) is 3.90. The van der Waals surface area contributed by atoms with Gasteiger partial charge in [-0.3, -0.25) is 14.8 Å². The number of hydrogen-bond donors (Lipinski definition) is 1. The Hall–Kier alpha value is -2.40. The minimum atomic E-state index is 0.286. The molecule has 2 aromatic rings. The summed E-state index contributed by atoms with van der Waals surface area (Å²) in [5.74, 6) is 0.286. The summed E-state index contributed by atoms with van der Waals surface area (Å²) in [6.45, 7) is 10.6. The highest BCUT2D eigenvalue weighted by atomic mass is 16.2. The van der Waals surface area contributed by atoms with Gasteiger partial charge in [0.25, 0.3) is 0 Å². The van der Waals surface area contributed by atoms with Gasteiger partial charge in [-0.05, 0) is 50.3 Å². The Labute approximate surface area is 167 Å². The van der Waals surface area contributed by atoms with E-state index in [1.54, 1.807) is 0 Å². The molecule has 0 atom stereocenters. The van der Waals surface area contributed by atoms with Crippen LogP contribution in [0.1, 0.15) is 36.8 Å². The van der Waals surface area contributed by atoms with Crippen LogP contribution >= 0.6 is 0 Å². The molecule has 5 nitrogen and oxygen atoms in total. The molecule has 1 spiro atoms. The molecule has 1 aromatic heterocycles. The molecule has 2 aliphatic heterocycles. The van der Waals surface area contributed by atoms with E-state index in [-0.39, 0.29) is 5.91 Å². The number of nitrogens with zero attached hydrogens (tertiary/aromatic N) is 3. The topological polar surface area (TPSA) is 52.2 Å². The number of amides is 1. The normalized spacial score (nSPS) is 19.9. The average molecular weight is 379 g/mol. The Morgan fingerprint density at radius 2 is 1.96 bits per heavy atom. The molecule has 0 bridgehead atoms. The summed E-state index contributed by atoms with van der Waals surface area (Å²) in [5.41, 5.74) is 5.14. The third-order valence-electron chi connectivity index (χ3n) is 6.47. The number of carbonyl (C=O) groups excluding carboxylic acids is 1. The molecule has 3 heterocycles. The van der Waals surface area contributed by atoms with Crippen molar-refractivity contribution >= 4 is 5.91 Å². The molecule has 0 radical (unpaired) electrons. The quantitative estimate of drug-likeness (QED) is 0.806. The highest BCUT2D eigenvalue weighted by Crippen LogP contribution is 2.40. The van der Waals surface area contributed by atoms with Crippen molar-refractivity contribution < 1.29 is 4.79 Å². The molecule has 5 heteroatoms. The minimum absolute atomic E-state index is 0.286. The van der Waals surface area contributed by atoms with E-state index in [0.717, 1.165) is 51.1 Å². The molecule has 2 aliphatic rings. The first kappa shape index (κ1) is 18.9. The standard InChI is InChI=1S/C23H30N4O/c1-3-12-27-17-23(9-8-21(27)28)10-13-26(14-11-23)16-20-15-24-25-22(20)19-6-4-18(2)5-7-19/h3-7,15H,1,8-14,16-17H2,2H3,(H,24,25). The predicted octanol–water partition coefficient (Wildman–Crippen LogP) is 3.78. The van der Waals surface area contributed by atoms with Gasteiger partial charge in [-0.1, -0.05) is 35.9 Å². The number of hydrogen-bond acceptors (Lipinski definition) is 3. The number of H-pyrrole nitrogens is 1. The van der Waals surface area contributed by atoms with E-state index in [0.29, 0.717) is 18.4 Å². The lowest BCUT2D eigenvalue weighted by Crippen LogP contribution is -2.51. The number of likely N-dealkylation sites (tertiary alicyclic amines) is 2. The Balaban J connectivity index is 1.39. The van der Waals surface area contributed by atoms with Crippen molar-refractivity contribution in [3.63, 3.8) is 0 Å². The molecule has 28 heavy (non-hydrogen) atoms. The van der Waals surface area contributed by atoms with Crippen molar-refractivity contribution in [3.05, 3.63) is 54.2 Å². The molecule has 0 aliphatic carbocycles. The Morgan fingerprint density at radius 3 is 2.68 bits per heavy atom. The smallest absolute Gasteiger partial charge is 0.222 e. The van der Waals surface area contributed by atoms with Crippen LogP contribution < -0.4 is 0 Å². The molecule has 1 amide bonds. The second-order valence-electron chi connectivity index (χ2n) is 8.48. The van der Waals surface area contributed by atoms with E-state index in [4.69, 9.17) is 0 Å². The third-order valence-corrected chi connectivity index (χ3v) is 6.47. The first-order valence-corrected chi connectivity index (χ1v) is 10.3. The fourth-order valence-corrected chi connectivity index (χ4v) is 4.66. The van der Waals surface area contributed by atoms with Gasteiger partial charge in [-0.25, -0.2) is 0 Å². The highest BCUT2D eigenvalue weighted by molar-refractivity contribution is 5.77. The van der Waals surface area contributed by atoms with E-state index in [2.05, 4.69) is 52.9 Å². The van der Waals surface area contributed by atoms with Crippen molar-refractivity contribution in [2.75, 3.05) is 26.2 Å². The van der Waals surface area contributed by atoms with E-state index in [1.165, 1.54) is 16.7 Å². The SMILES string of the molecule is C=CCN1CC2(CCC1=O)CCN(Cc1cn[nH]c1-c1ccc(C)cc1)CC2. The van der Waals surface area contributed by atoms with Crippen LogP contribution in [-0.4, -0.2) is 52.1 Å². The van der Waals surface area contributed by atoms with E-state index in [9.17, 15) is 4.79 Å². The highest BCUT2D eigenvalue weighted by Gasteiger charge is 2.40. The molecule has 2 saturated heterocycles. The molecule has 148 valence electrons. The van der Waals surface area contributed by atoms with Gasteiger partial charge >= 0.3 is 0 Å². The molecule has 1 N–H and O–H groups in total. The van der Waals surface area contributed by atoms with Crippen molar-refractivity contribution in [1.29, 1.82) is 0 Å². The Kier molecular flexibility index (Phi) is 5.36. The van der Waals surface area contributed by atoms with Crippen LogP contribution in [-0.2, 0) is 11.3 Å². The molecule has 0 saturated carbocycles. The Bertz CT molecular complexity index is 831. The molecular formula is C23H30N4O. The van der Waals surface area contributed by atoms with Gasteiger partial charge < -0.3 is 4.90 Å². The number of rotatable bonds is 5. The number of nitrogens with one attached hydrogen (secondary N) is 1. The van der Waals surface area contributed by atoms with Crippen LogP contribution in [0.5, 0.6) is 0 Å². The van der Waals surface area contributed by atoms with Crippen LogP contribution in [0.25, 0.3) is 11.3 Å². The van der Waals surface area contributed by atoms with Crippen molar-refractivity contribution in [2.45, 2.75) is 39.2 Å². The summed E-state index contributed by atoms with van der Waals surface area (Å²) in [5, 5.41) is 7.49. The molecule has 2 fully saturated rings. The maximum atomic E-state index is 12.1. The fourth-order valence-electron chi connectivity index (χ4n) is 4.66. The van der Waals surface area contributed by atoms with Crippen LogP contribution in [0.15, 0.2) is 43.1 Å². The summed E-state index contributed by atoms with van der Waals surface area (Å²) >= 11 is 0. The van der Waals surface area contributed by atoms with Gasteiger partial charge in [0.2, 0.25) is 5.91 Å². The first-order chi connectivity index (χ1) is 13.6. The summed E-state index contributed by atoms with van der Waals surface area (Å²) in [6.07, 6.45) is 7.85. The van der Waals surface area contributed by atoms with E-state index < -0.39 is 0 Å². The number of benzene rings is 1. The number of carbonyl (C=O) groups is 1. The number of aromatic amines is 1. The van der Waals surface area contributed by atoms with Crippen LogP contribution in [0.4, 0.5) is 0 Å². The zero-order valence-corrected chi connectivity index (χ0v) is 16.8. The lowest BCUT2D eigenvalue weighted by atomic mass is 9.72. The van der Waals surface area contributed by atoms with Crippen molar-refractivity contribution in [2.24, 2.45) is 5.41 Å². The van der Waals surface area contributed by atoms with Gasteiger partial charge in [0.05, 0.1) is 11.9 Å². The minimum Gasteiger partial charge on any atom is -0.338 e. The summed E-state index contributed by atoms with van der Waals surface area (Å²) in [6, 6.07) is 8.60. The molecular weight excluding hydrogens is 348 g/mol. The van der Waals surface area contributed by atoms with Crippen molar-refractivity contribution in [3.8, 4) is 11.3 Å². The molecule has 4 rings (SSSR count). The number of piperidine rings is 2. The van der Waals surface area contributed by atoms with Gasteiger partial charge in [0.15, 0.2) is 0 Å². The lowest BCUT2D eigenvalue weighted by Gasteiger charge is -2.47. The zero-order chi connectivity index (χ0) is 19.6. The average Bonchev–Trinajstić information content (AvgIpc) is 3.16. The Morgan fingerprint density at radius 1 is 1.21 bits per heavy atom. The van der Waals surface area contributed by atoms with E-state index >= 15 is 0 Å². The number of aryl methyl sites for hydroxylation is 1. The largest absolute Gasteiger partial charge is 0.338 e. The second kappa shape index (κ2) is 7.92. The fraction of sp³-hybridized carbons (Fsp3) is 0.478. The summed E-state index contributed by atoms with van der Waals surface area (Å²) < 4.78 is 0. The molecule has 0 unspecified atom stereocenters. The van der Waals surface area contributed by atoms with Crippen molar-refractivity contribution in [1.82, 2.24) is 20.0 Å². The first-order valence-electron chi connectivity index (χ1n) is 10.3. The van der Waals surface area contributed by atoms with Gasteiger partial charge in [-0.2, -0.15) is 5.10 Å².